The lowest BCUT2D eigenvalue weighted by Gasteiger charge is -2.32. The van der Waals surface area contributed by atoms with Crippen molar-refractivity contribution in [2.24, 2.45) is 0 Å². The number of hydrogen-bond acceptors (Lipinski definition) is 5. The number of rotatable bonds is 23. The molecule has 0 fully saturated rings. The van der Waals surface area contributed by atoms with Gasteiger partial charge < -0.3 is 19.4 Å². The zero-order chi connectivity index (χ0) is 35.1. The molecule has 0 aromatic heterocycles. The predicted octanol–water partition coefficient (Wildman–Crippen LogP) is 11.4. The van der Waals surface area contributed by atoms with Gasteiger partial charge in [-0.2, -0.15) is 0 Å². The molecular weight excluding hydrogens is 603 g/mol. The van der Waals surface area contributed by atoms with Gasteiger partial charge in [0.2, 0.25) is 0 Å². The second-order valence-electron chi connectivity index (χ2n) is 13.9. The van der Waals surface area contributed by atoms with Crippen molar-refractivity contribution in [3.05, 3.63) is 89.0 Å². The van der Waals surface area contributed by atoms with Crippen molar-refractivity contribution < 1.29 is 9.53 Å². The Bertz CT molecular complexity index is 1310. The lowest BCUT2D eigenvalue weighted by Crippen LogP contribution is -2.30. The van der Waals surface area contributed by atoms with E-state index in [9.17, 15) is 4.79 Å². The summed E-state index contributed by atoms with van der Waals surface area (Å²) in [7, 11) is 0. The maximum absolute atomic E-state index is 13.9. The van der Waals surface area contributed by atoms with E-state index in [0.717, 1.165) is 61.6 Å². The van der Waals surface area contributed by atoms with Crippen LogP contribution in [0, 0.1) is 0 Å². The number of benzene rings is 3. The van der Waals surface area contributed by atoms with Gasteiger partial charge in [-0.05, 0) is 75.9 Å². The van der Waals surface area contributed by atoms with Crippen LogP contribution in [0.3, 0.4) is 0 Å². The first-order valence-electron chi connectivity index (χ1n) is 19.8. The quantitative estimate of drug-likeness (QED) is 0.0743. The molecule has 0 saturated heterocycles. The fraction of sp³-hybridized carbons (Fsp3) is 0.568. The Hall–Kier alpha value is -3.47. The molecule has 1 aliphatic heterocycles. The molecule has 0 bridgehead atoms. The molecule has 0 radical (unpaired) electrons. The summed E-state index contributed by atoms with van der Waals surface area (Å²) in [5.41, 5.74) is 6.14. The van der Waals surface area contributed by atoms with Crippen LogP contribution in [0.1, 0.15) is 146 Å². The number of carbonyl (C=O) groups is 1. The maximum atomic E-state index is 13.9. The monoisotopic (exact) mass is 668 g/mol. The number of cyclic esters (lactones) is 1. The molecule has 0 atom stereocenters. The molecule has 0 saturated carbocycles. The molecule has 3 aromatic carbocycles. The maximum Gasteiger partial charge on any atom is 0.340 e. The first-order chi connectivity index (χ1) is 24.0. The smallest absolute Gasteiger partial charge is 0.340 e. The molecule has 0 N–H and O–H groups in total. The number of unbranched alkanes of at least 4 members (excludes halogenated alkanes) is 8. The van der Waals surface area contributed by atoms with E-state index in [1.54, 1.807) is 0 Å². The summed E-state index contributed by atoms with van der Waals surface area (Å²) < 4.78 is 6.63. The Labute approximate surface area is 299 Å². The number of anilines is 3. The number of ether oxygens (including phenoxy) is 1. The fourth-order valence-electron chi connectivity index (χ4n) is 7.40. The zero-order valence-electron chi connectivity index (χ0n) is 31.7. The molecule has 5 heteroatoms. The minimum absolute atomic E-state index is 0.251. The molecule has 0 amide bonds. The molecular formula is C44H65N3O2. The summed E-state index contributed by atoms with van der Waals surface area (Å²) >= 11 is 0. The van der Waals surface area contributed by atoms with Crippen LogP contribution in [0.25, 0.3) is 0 Å². The van der Waals surface area contributed by atoms with Gasteiger partial charge >= 0.3 is 5.97 Å². The van der Waals surface area contributed by atoms with E-state index < -0.39 is 5.60 Å². The summed E-state index contributed by atoms with van der Waals surface area (Å²) in [6.45, 7) is 19.4. The summed E-state index contributed by atoms with van der Waals surface area (Å²) in [5, 5.41) is 0. The Morgan fingerprint density at radius 1 is 0.490 bits per heavy atom. The number of hydrogen-bond donors (Lipinski definition) is 0. The largest absolute Gasteiger partial charge is 0.441 e. The van der Waals surface area contributed by atoms with E-state index in [4.69, 9.17) is 4.74 Å². The lowest BCUT2D eigenvalue weighted by atomic mass is 9.79. The normalized spacial score (nSPS) is 13.3. The Morgan fingerprint density at radius 2 is 0.878 bits per heavy atom. The van der Waals surface area contributed by atoms with Gasteiger partial charge in [0.05, 0.1) is 5.56 Å². The highest BCUT2D eigenvalue weighted by Gasteiger charge is 2.48. The molecule has 5 nitrogen and oxygen atoms in total. The van der Waals surface area contributed by atoms with Gasteiger partial charge in [0, 0.05) is 73.0 Å². The average molecular weight is 668 g/mol. The first-order valence-corrected chi connectivity index (χ1v) is 19.8. The average Bonchev–Trinajstić information content (AvgIpc) is 3.43. The Balaban J connectivity index is 1.77. The van der Waals surface area contributed by atoms with Crippen molar-refractivity contribution in [1.29, 1.82) is 0 Å². The zero-order valence-corrected chi connectivity index (χ0v) is 31.7. The van der Waals surface area contributed by atoms with Crippen LogP contribution in [0.2, 0.25) is 0 Å². The summed E-state index contributed by atoms with van der Waals surface area (Å²) in [4.78, 5) is 21.2. The van der Waals surface area contributed by atoms with E-state index in [1.807, 2.05) is 6.07 Å². The summed E-state index contributed by atoms with van der Waals surface area (Å²) in [6, 6.07) is 24.2. The van der Waals surface area contributed by atoms with Crippen LogP contribution in [0.5, 0.6) is 0 Å². The molecule has 49 heavy (non-hydrogen) atoms. The minimum atomic E-state index is -1.00. The third-order valence-electron chi connectivity index (χ3n) is 10.4. The molecule has 4 rings (SSSR count). The molecule has 0 spiro atoms. The van der Waals surface area contributed by atoms with E-state index in [-0.39, 0.29) is 5.97 Å². The van der Waals surface area contributed by atoms with Gasteiger partial charge in [0.1, 0.15) is 0 Å². The number of esters is 1. The van der Waals surface area contributed by atoms with Crippen molar-refractivity contribution in [3.8, 4) is 0 Å². The van der Waals surface area contributed by atoms with Gasteiger partial charge in [0.15, 0.2) is 5.60 Å². The molecule has 0 unspecified atom stereocenters. The third-order valence-corrected chi connectivity index (χ3v) is 10.4. The predicted molar refractivity (Wildman–Crippen MR) is 211 cm³/mol. The summed E-state index contributed by atoms with van der Waals surface area (Å²) in [5.74, 6) is -0.251. The van der Waals surface area contributed by atoms with Crippen molar-refractivity contribution >= 4 is 23.0 Å². The topological polar surface area (TPSA) is 36.0 Å². The van der Waals surface area contributed by atoms with Crippen molar-refractivity contribution in [1.82, 2.24) is 0 Å². The second-order valence-corrected chi connectivity index (χ2v) is 13.9. The number of fused-ring (bicyclic) bond motifs is 1. The molecule has 1 aliphatic rings. The fourth-order valence-corrected chi connectivity index (χ4v) is 7.40. The van der Waals surface area contributed by atoms with Gasteiger partial charge in [-0.15, -0.1) is 0 Å². The van der Waals surface area contributed by atoms with Crippen molar-refractivity contribution in [2.45, 2.75) is 124 Å². The highest BCUT2D eigenvalue weighted by Crippen LogP contribution is 2.48. The Morgan fingerprint density at radius 3 is 1.24 bits per heavy atom. The van der Waals surface area contributed by atoms with Crippen molar-refractivity contribution in [3.63, 3.8) is 0 Å². The molecule has 1 heterocycles. The van der Waals surface area contributed by atoms with Gasteiger partial charge in [-0.25, -0.2) is 4.79 Å². The van der Waals surface area contributed by atoms with E-state index in [2.05, 4.69) is 117 Å². The highest BCUT2D eigenvalue weighted by atomic mass is 16.6. The van der Waals surface area contributed by atoms with Crippen LogP contribution in [0.15, 0.2) is 66.7 Å². The molecule has 268 valence electrons. The Kier molecular flexibility index (Phi) is 15.4. The second kappa shape index (κ2) is 19.6. The van der Waals surface area contributed by atoms with E-state index in [0.29, 0.717) is 5.56 Å². The highest BCUT2D eigenvalue weighted by molar-refractivity contribution is 5.97. The third kappa shape index (κ3) is 9.41. The lowest BCUT2D eigenvalue weighted by molar-refractivity contribution is 0.0251. The minimum Gasteiger partial charge on any atom is -0.441 e. The molecule has 0 aliphatic carbocycles. The van der Waals surface area contributed by atoms with Crippen LogP contribution in [-0.2, 0) is 10.3 Å². The van der Waals surface area contributed by atoms with Crippen LogP contribution >= 0.6 is 0 Å². The van der Waals surface area contributed by atoms with Gasteiger partial charge in [-0.1, -0.05) is 109 Å². The standard InChI is InChI=1S/C44H65N3O2/c1-7-13-17-31-46(32-18-14-8-2)38-25-21-36(22-26-38)44(42-30-29-40(45(11-5)12-6)35-41(42)43(48)49-44)37-23-27-39(28-24-37)47(33-19-15-9-3)34-20-16-10-4/h21-30,35H,7-20,31-34H2,1-6H3. The van der Waals surface area contributed by atoms with Crippen LogP contribution < -0.4 is 14.7 Å². The first kappa shape index (κ1) is 38.3. The van der Waals surface area contributed by atoms with Crippen LogP contribution in [0.4, 0.5) is 17.1 Å². The number of carbonyl (C=O) groups excluding carboxylic acids is 1. The van der Waals surface area contributed by atoms with E-state index >= 15 is 0 Å². The number of nitrogens with zero attached hydrogens (tertiary/aromatic N) is 3. The van der Waals surface area contributed by atoms with E-state index in [1.165, 1.54) is 88.4 Å². The van der Waals surface area contributed by atoms with Crippen LogP contribution in [-0.4, -0.2) is 45.2 Å². The summed E-state index contributed by atoms with van der Waals surface area (Å²) in [6.07, 6.45) is 14.7. The molecule has 3 aromatic rings. The van der Waals surface area contributed by atoms with Gasteiger partial charge in [-0.3, -0.25) is 0 Å². The SMILES string of the molecule is CCCCCN(CCCCC)c1ccc(C2(c3ccc(N(CCCCC)CCCCC)cc3)OC(=O)c3cc(N(CC)CC)ccc32)cc1. The van der Waals surface area contributed by atoms with Crippen molar-refractivity contribution in [2.75, 3.05) is 54.0 Å². The van der Waals surface area contributed by atoms with Gasteiger partial charge in [0.25, 0.3) is 0 Å².